The number of thiophene rings is 1. The molecule has 5 N–H and O–H groups in total. The Bertz CT molecular complexity index is 617. The maximum absolute atomic E-state index is 13.5. The number of aliphatic hydroxyl groups is 1. The Balaban J connectivity index is 1.95. The quantitative estimate of drug-likeness (QED) is 0.283. The van der Waals surface area contributed by atoms with E-state index in [0.717, 1.165) is 5.56 Å². The molecule has 0 bridgehead atoms. The van der Waals surface area contributed by atoms with Crippen LogP contribution in [0.25, 0.3) is 0 Å². The third kappa shape index (κ3) is 4.25. The fourth-order valence-corrected chi connectivity index (χ4v) is 2.60. The van der Waals surface area contributed by atoms with Gasteiger partial charge in [0.25, 0.3) is 0 Å². The molecule has 1 aromatic heterocycles. The van der Waals surface area contributed by atoms with Crippen LogP contribution in [-0.4, -0.2) is 22.7 Å². The normalized spacial score (nSPS) is 13.3. The Labute approximate surface area is 125 Å². The SMILES string of the molecule is N/C(=N/O)c1cc(F)cc(CNCC(O)c2ccsc2)c1. The Morgan fingerprint density at radius 1 is 1.43 bits per heavy atom. The summed E-state index contributed by atoms with van der Waals surface area (Å²) in [6.07, 6.45) is -0.603. The first kappa shape index (κ1) is 15.4. The lowest BCUT2D eigenvalue weighted by Crippen LogP contribution is -2.21. The van der Waals surface area contributed by atoms with Crippen LogP contribution in [-0.2, 0) is 6.54 Å². The van der Waals surface area contributed by atoms with Crippen LogP contribution in [0.2, 0.25) is 0 Å². The van der Waals surface area contributed by atoms with Gasteiger partial charge in [-0.15, -0.1) is 0 Å². The van der Waals surface area contributed by atoms with Crippen LogP contribution in [0.15, 0.2) is 40.2 Å². The second-order valence-corrected chi connectivity index (χ2v) is 5.32. The Morgan fingerprint density at radius 2 is 2.24 bits per heavy atom. The Kier molecular flexibility index (Phi) is 5.26. The number of nitrogens with one attached hydrogen (secondary N) is 1. The van der Waals surface area contributed by atoms with Gasteiger partial charge >= 0.3 is 0 Å². The van der Waals surface area contributed by atoms with Crippen LogP contribution in [0.4, 0.5) is 4.39 Å². The molecule has 0 radical (unpaired) electrons. The molecule has 112 valence electrons. The average molecular weight is 309 g/mol. The predicted molar refractivity (Wildman–Crippen MR) is 79.9 cm³/mol. The van der Waals surface area contributed by atoms with Crippen LogP contribution in [0.1, 0.15) is 22.8 Å². The fraction of sp³-hybridized carbons (Fsp3) is 0.214. The van der Waals surface area contributed by atoms with Crippen molar-refractivity contribution in [3.05, 3.63) is 57.5 Å². The number of hydrogen-bond acceptors (Lipinski definition) is 5. The molecule has 0 fully saturated rings. The van der Waals surface area contributed by atoms with Crippen LogP contribution in [0.5, 0.6) is 0 Å². The number of rotatable bonds is 6. The number of hydrogen-bond donors (Lipinski definition) is 4. The number of nitrogens with zero attached hydrogens (tertiary/aromatic N) is 1. The van der Waals surface area contributed by atoms with Gasteiger partial charge in [0.05, 0.1) is 6.10 Å². The maximum atomic E-state index is 13.5. The van der Waals surface area contributed by atoms with E-state index < -0.39 is 11.9 Å². The van der Waals surface area contributed by atoms with E-state index in [4.69, 9.17) is 10.9 Å². The van der Waals surface area contributed by atoms with Crippen molar-refractivity contribution in [1.29, 1.82) is 0 Å². The van der Waals surface area contributed by atoms with E-state index in [-0.39, 0.29) is 5.84 Å². The second kappa shape index (κ2) is 7.16. The molecular weight excluding hydrogens is 293 g/mol. The third-order valence-electron chi connectivity index (χ3n) is 2.96. The first-order chi connectivity index (χ1) is 10.1. The monoisotopic (exact) mass is 309 g/mol. The summed E-state index contributed by atoms with van der Waals surface area (Å²) in [6.45, 7) is 0.719. The highest BCUT2D eigenvalue weighted by Crippen LogP contribution is 2.15. The van der Waals surface area contributed by atoms with Crippen LogP contribution >= 0.6 is 11.3 Å². The molecule has 0 amide bonds. The van der Waals surface area contributed by atoms with Gasteiger partial charge in [-0.3, -0.25) is 0 Å². The van der Waals surface area contributed by atoms with E-state index in [1.165, 1.54) is 23.5 Å². The van der Waals surface area contributed by atoms with Crippen molar-refractivity contribution < 1.29 is 14.7 Å². The summed E-state index contributed by atoms with van der Waals surface area (Å²) in [7, 11) is 0. The third-order valence-corrected chi connectivity index (χ3v) is 3.66. The van der Waals surface area contributed by atoms with Gasteiger partial charge in [-0.25, -0.2) is 4.39 Å². The minimum atomic E-state index is -0.603. The van der Waals surface area contributed by atoms with Crippen LogP contribution in [0.3, 0.4) is 0 Å². The number of nitrogens with two attached hydrogens (primary N) is 1. The molecule has 21 heavy (non-hydrogen) atoms. The first-order valence-electron chi connectivity index (χ1n) is 6.28. The number of amidine groups is 1. The second-order valence-electron chi connectivity index (χ2n) is 4.54. The summed E-state index contributed by atoms with van der Waals surface area (Å²) in [4.78, 5) is 0. The van der Waals surface area contributed by atoms with E-state index >= 15 is 0 Å². The molecule has 0 spiro atoms. The molecule has 1 atom stereocenters. The van der Waals surface area contributed by atoms with Gasteiger partial charge in [0, 0.05) is 18.7 Å². The van der Waals surface area contributed by atoms with Gasteiger partial charge in [-0.1, -0.05) is 5.16 Å². The van der Waals surface area contributed by atoms with Crippen molar-refractivity contribution in [2.75, 3.05) is 6.54 Å². The summed E-state index contributed by atoms with van der Waals surface area (Å²) < 4.78 is 13.5. The largest absolute Gasteiger partial charge is 0.409 e. The van der Waals surface area contributed by atoms with Crippen molar-refractivity contribution in [3.8, 4) is 0 Å². The summed E-state index contributed by atoms with van der Waals surface area (Å²) in [6, 6.07) is 6.04. The molecule has 0 aliphatic heterocycles. The topological polar surface area (TPSA) is 90.9 Å². The summed E-state index contributed by atoms with van der Waals surface area (Å²) in [5.74, 6) is -0.608. The zero-order valence-electron chi connectivity index (χ0n) is 11.2. The van der Waals surface area contributed by atoms with E-state index in [2.05, 4.69) is 10.5 Å². The van der Waals surface area contributed by atoms with Crippen molar-refractivity contribution in [3.63, 3.8) is 0 Å². The van der Waals surface area contributed by atoms with E-state index in [1.54, 1.807) is 6.07 Å². The van der Waals surface area contributed by atoms with Crippen LogP contribution < -0.4 is 11.1 Å². The highest BCUT2D eigenvalue weighted by Gasteiger charge is 2.08. The molecule has 1 unspecified atom stereocenters. The lowest BCUT2D eigenvalue weighted by molar-refractivity contribution is 0.175. The molecule has 0 saturated carbocycles. The van der Waals surface area contributed by atoms with Gasteiger partial charge in [-0.2, -0.15) is 11.3 Å². The van der Waals surface area contributed by atoms with Crippen molar-refractivity contribution in [2.24, 2.45) is 10.9 Å². The van der Waals surface area contributed by atoms with Crippen molar-refractivity contribution in [2.45, 2.75) is 12.6 Å². The molecule has 2 rings (SSSR count). The maximum Gasteiger partial charge on any atom is 0.170 e. The fourth-order valence-electron chi connectivity index (χ4n) is 1.89. The Morgan fingerprint density at radius 3 is 2.90 bits per heavy atom. The number of halogens is 1. The molecule has 0 saturated heterocycles. The minimum Gasteiger partial charge on any atom is -0.409 e. The van der Waals surface area contributed by atoms with E-state index in [1.807, 2.05) is 16.8 Å². The molecule has 0 aliphatic rings. The van der Waals surface area contributed by atoms with Gasteiger partial charge in [0.1, 0.15) is 5.82 Å². The van der Waals surface area contributed by atoms with Crippen molar-refractivity contribution in [1.82, 2.24) is 5.32 Å². The molecule has 7 heteroatoms. The molecule has 2 aromatic rings. The lowest BCUT2D eigenvalue weighted by atomic mass is 10.1. The van der Waals surface area contributed by atoms with Gasteiger partial charge in [-0.05, 0) is 46.2 Å². The smallest absolute Gasteiger partial charge is 0.170 e. The number of benzene rings is 1. The number of oxime groups is 1. The lowest BCUT2D eigenvalue weighted by Gasteiger charge is -2.11. The zero-order valence-corrected chi connectivity index (χ0v) is 12.0. The van der Waals surface area contributed by atoms with Gasteiger partial charge < -0.3 is 21.4 Å². The van der Waals surface area contributed by atoms with E-state index in [0.29, 0.717) is 24.2 Å². The van der Waals surface area contributed by atoms with Gasteiger partial charge in [0.2, 0.25) is 0 Å². The summed E-state index contributed by atoms with van der Waals surface area (Å²) in [5, 5.41) is 28.2. The highest BCUT2D eigenvalue weighted by atomic mass is 32.1. The molecule has 1 aromatic carbocycles. The average Bonchev–Trinajstić information content (AvgIpc) is 3.00. The standard InChI is InChI=1S/C14H16FN3O2S/c15-12-4-9(3-11(5-12)14(16)18-20)6-17-7-13(19)10-1-2-21-8-10/h1-5,8,13,17,19-20H,6-7H2,(H2,16,18). The molecular formula is C14H16FN3O2S. The molecule has 0 aliphatic carbocycles. The highest BCUT2D eigenvalue weighted by molar-refractivity contribution is 7.07. The van der Waals surface area contributed by atoms with E-state index in [9.17, 15) is 9.50 Å². The first-order valence-corrected chi connectivity index (χ1v) is 7.22. The summed E-state index contributed by atoms with van der Waals surface area (Å²) >= 11 is 1.52. The predicted octanol–water partition coefficient (Wildman–Crippen LogP) is 1.80. The molecule has 5 nitrogen and oxygen atoms in total. The molecule has 1 heterocycles. The van der Waals surface area contributed by atoms with Gasteiger partial charge in [0.15, 0.2) is 5.84 Å². The van der Waals surface area contributed by atoms with Crippen molar-refractivity contribution >= 4 is 17.2 Å². The van der Waals surface area contributed by atoms with Crippen LogP contribution in [0, 0.1) is 5.82 Å². The minimum absolute atomic E-state index is 0.144. The number of aliphatic hydroxyl groups excluding tert-OH is 1. The zero-order chi connectivity index (χ0) is 15.2. The summed E-state index contributed by atoms with van der Waals surface area (Å²) in [5.41, 5.74) is 7.26. The Hall–Kier alpha value is -1.96.